The Morgan fingerprint density at radius 3 is 2.56 bits per heavy atom. The lowest BCUT2D eigenvalue weighted by molar-refractivity contribution is 0.0782. The summed E-state index contributed by atoms with van der Waals surface area (Å²) in [5.74, 6) is 2.05. The SMILES string of the molecule is CC(c1ccc2c(c1)OCC2)N1CCN(c2ccc(C(C)(C)O)cn2)CC1. The Bertz CT molecular complexity index is 790. The van der Waals surface area contributed by atoms with E-state index in [1.165, 1.54) is 11.1 Å². The molecule has 1 atom stereocenters. The number of aliphatic hydroxyl groups is 1. The summed E-state index contributed by atoms with van der Waals surface area (Å²) in [5.41, 5.74) is 2.66. The fraction of sp³-hybridized carbons (Fsp3) is 0.500. The second-order valence-corrected chi connectivity index (χ2v) is 8.13. The summed E-state index contributed by atoms with van der Waals surface area (Å²) in [5, 5.41) is 10.1. The molecule has 0 amide bonds. The molecule has 5 nitrogen and oxygen atoms in total. The summed E-state index contributed by atoms with van der Waals surface area (Å²) in [6, 6.07) is 11.1. The summed E-state index contributed by atoms with van der Waals surface area (Å²) < 4.78 is 5.73. The average molecular weight is 367 g/mol. The number of anilines is 1. The Balaban J connectivity index is 1.38. The van der Waals surface area contributed by atoms with E-state index in [4.69, 9.17) is 4.74 Å². The third-order valence-electron chi connectivity index (χ3n) is 5.84. The summed E-state index contributed by atoms with van der Waals surface area (Å²) in [6.45, 7) is 10.6. The monoisotopic (exact) mass is 367 g/mol. The van der Waals surface area contributed by atoms with Crippen LogP contribution in [-0.4, -0.2) is 47.8 Å². The van der Waals surface area contributed by atoms with Gasteiger partial charge in [0.25, 0.3) is 0 Å². The summed E-state index contributed by atoms with van der Waals surface area (Å²) >= 11 is 0. The number of benzene rings is 1. The van der Waals surface area contributed by atoms with Crippen molar-refractivity contribution in [3.63, 3.8) is 0 Å². The largest absolute Gasteiger partial charge is 0.493 e. The maximum Gasteiger partial charge on any atom is 0.128 e. The van der Waals surface area contributed by atoms with Crippen LogP contribution in [-0.2, 0) is 12.0 Å². The summed E-state index contributed by atoms with van der Waals surface area (Å²) in [7, 11) is 0. The summed E-state index contributed by atoms with van der Waals surface area (Å²) in [4.78, 5) is 9.42. The minimum Gasteiger partial charge on any atom is -0.493 e. The van der Waals surface area contributed by atoms with Crippen LogP contribution in [0, 0.1) is 0 Å². The lowest BCUT2D eigenvalue weighted by Crippen LogP contribution is -2.47. The molecule has 1 unspecified atom stereocenters. The highest BCUT2D eigenvalue weighted by atomic mass is 16.5. The van der Waals surface area contributed by atoms with Gasteiger partial charge in [0, 0.05) is 50.4 Å². The molecule has 1 N–H and O–H groups in total. The zero-order valence-corrected chi connectivity index (χ0v) is 16.5. The molecule has 1 saturated heterocycles. The van der Waals surface area contributed by atoms with Gasteiger partial charge in [-0.25, -0.2) is 4.98 Å². The molecule has 1 aromatic heterocycles. The van der Waals surface area contributed by atoms with Gasteiger partial charge >= 0.3 is 0 Å². The van der Waals surface area contributed by atoms with Gasteiger partial charge in [0.15, 0.2) is 0 Å². The molecular weight excluding hydrogens is 338 g/mol. The number of ether oxygens (including phenoxy) is 1. The maximum absolute atomic E-state index is 10.1. The van der Waals surface area contributed by atoms with Crippen LogP contribution >= 0.6 is 0 Å². The van der Waals surface area contributed by atoms with Gasteiger partial charge in [0.2, 0.25) is 0 Å². The quantitative estimate of drug-likeness (QED) is 0.900. The number of aromatic nitrogens is 1. The first-order chi connectivity index (χ1) is 12.9. The minimum atomic E-state index is -0.848. The second-order valence-electron chi connectivity index (χ2n) is 8.13. The van der Waals surface area contributed by atoms with Crippen LogP contribution in [0.15, 0.2) is 36.5 Å². The molecule has 2 aliphatic rings. The van der Waals surface area contributed by atoms with Crippen molar-refractivity contribution >= 4 is 5.82 Å². The molecule has 3 heterocycles. The van der Waals surface area contributed by atoms with Crippen molar-refractivity contribution in [3.8, 4) is 5.75 Å². The van der Waals surface area contributed by atoms with Crippen molar-refractivity contribution in [1.29, 1.82) is 0 Å². The van der Waals surface area contributed by atoms with E-state index < -0.39 is 5.60 Å². The van der Waals surface area contributed by atoms with E-state index in [0.29, 0.717) is 6.04 Å². The first-order valence-corrected chi connectivity index (χ1v) is 9.85. The maximum atomic E-state index is 10.1. The number of piperazine rings is 1. The fourth-order valence-electron chi connectivity index (χ4n) is 3.93. The molecule has 0 saturated carbocycles. The molecule has 4 rings (SSSR count). The molecule has 1 fully saturated rings. The predicted molar refractivity (Wildman–Crippen MR) is 107 cm³/mol. The van der Waals surface area contributed by atoms with Crippen LogP contribution in [0.25, 0.3) is 0 Å². The van der Waals surface area contributed by atoms with Gasteiger partial charge in [0.05, 0.1) is 12.2 Å². The topological polar surface area (TPSA) is 48.8 Å². The Morgan fingerprint density at radius 2 is 1.89 bits per heavy atom. The lowest BCUT2D eigenvalue weighted by Gasteiger charge is -2.39. The number of fused-ring (bicyclic) bond motifs is 1. The van der Waals surface area contributed by atoms with E-state index in [-0.39, 0.29) is 0 Å². The molecular formula is C22H29N3O2. The van der Waals surface area contributed by atoms with Crippen LogP contribution in [0.3, 0.4) is 0 Å². The van der Waals surface area contributed by atoms with Gasteiger partial charge < -0.3 is 14.7 Å². The number of hydrogen-bond acceptors (Lipinski definition) is 5. The van der Waals surface area contributed by atoms with Gasteiger partial charge in [-0.05, 0) is 44.0 Å². The molecule has 27 heavy (non-hydrogen) atoms. The highest BCUT2D eigenvalue weighted by Gasteiger charge is 2.24. The molecule has 0 aliphatic carbocycles. The Morgan fingerprint density at radius 1 is 1.11 bits per heavy atom. The molecule has 5 heteroatoms. The Labute approximate surface area is 161 Å². The van der Waals surface area contributed by atoms with Crippen LogP contribution < -0.4 is 9.64 Å². The molecule has 144 valence electrons. The van der Waals surface area contributed by atoms with E-state index in [1.54, 1.807) is 20.0 Å². The zero-order chi connectivity index (χ0) is 19.0. The second kappa shape index (κ2) is 7.13. The van der Waals surface area contributed by atoms with Gasteiger partial charge in [-0.2, -0.15) is 0 Å². The third-order valence-corrected chi connectivity index (χ3v) is 5.84. The van der Waals surface area contributed by atoms with Gasteiger partial charge in [-0.15, -0.1) is 0 Å². The van der Waals surface area contributed by atoms with Crippen LogP contribution in [0.5, 0.6) is 5.75 Å². The normalized spacial score (nSPS) is 18.9. The van der Waals surface area contributed by atoms with Crippen molar-refractivity contribution < 1.29 is 9.84 Å². The Hall–Kier alpha value is -2.11. The summed E-state index contributed by atoms with van der Waals surface area (Å²) in [6.07, 6.45) is 2.82. The van der Waals surface area contributed by atoms with Gasteiger partial charge in [-0.1, -0.05) is 18.2 Å². The van der Waals surface area contributed by atoms with Crippen molar-refractivity contribution in [1.82, 2.24) is 9.88 Å². The van der Waals surface area contributed by atoms with Crippen LogP contribution in [0.1, 0.15) is 43.5 Å². The molecule has 0 spiro atoms. The smallest absolute Gasteiger partial charge is 0.128 e. The number of nitrogens with zero attached hydrogens (tertiary/aromatic N) is 3. The van der Waals surface area contributed by atoms with Gasteiger partial charge in [0.1, 0.15) is 11.6 Å². The zero-order valence-electron chi connectivity index (χ0n) is 16.5. The van der Waals surface area contributed by atoms with Crippen molar-refractivity contribution in [2.75, 3.05) is 37.7 Å². The first-order valence-electron chi connectivity index (χ1n) is 9.85. The average Bonchev–Trinajstić information content (AvgIpc) is 3.15. The van der Waals surface area contributed by atoms with Crippen LogP contribution in [0.2, 0.25) is 0 Å². The Kier molecular flexibility index (Phi) is 4.82. The van der Waals surface area contributed by atoms with Crippen molar-refractivity contribution in [2.24, 2.45) is 0 Å². The number of hydrogen-bond donors (Lipinski definition) is 1. The molecule has 0 bridgehead atoms. The molecule has 1 aromatic carbocycles. The lowest BCUT2D eigenvalue weighted by atomic mass is 10.0. The van der Waals surface area contributed by atoms with E-state index >= 15 is 0 Å². The molecule has 2 aromatic rings. The van der Waals surface area contributed by atoms with E-state index in [0.717, 1.165) is 56.3 Å². The fourth-order valence-corrected chi connectivity index (χ4v) is 3.93. The molecule has 0 radical (unpaired) electrons. The van der Waals surface area contributed by atoms with Crippen LogP contribution in [0.4, 0.5) is 5.82 Å². The highest BCUT2D eigenvalue weighted by molar-refractivity contribution is 5.42. The standard InChI is InChI=1S/C22H29N3O2/c1-16(18-5-4-17-8-13-27-20(17)14-18)24-9-11-25(12-10-24)21-7-6-19(15-23-21)22(2,3)26/h4-7,14-16,26H,8-13H2,1-3H3. The van der Waals surface area contributed by atoms with E-state index in [9.17, 15) is 5.11 Å². The van der Waals surface area contributed by atoms with Gasteiger partial charge in [-0.3, -0.25) is 4.90 Å². The van der Waals surface area contributed by atoms with Crippen molar-refractivity contribution in [3.05, 3.63) is 53.2 Å². The minimum absolute atomic E-state index is 0.382. The van der Waals surface area contributed by atoms with Crippen molar-refractivity contribution in [2.45, 2.75) is 38.8 Å². The molecule has 2 aliphatic heterocycles. The third kappa shape index (κ3) is 3.80. The highest BCUT2D eigenvalue weighted by Crippen LogP contribution is 2.31. The number of pyridine rings is 1. The van der Waals surface area contributed by atoms with E-state index in [1.807, 2.05) is 12.1 Å². The predicted octanol–water partition coefficient (Wildman–Crippen LogP) is 3.13. The first kappa shape index (κ1) is 18.3. The van der Waals surface area contributed by atoms with E-state index in [2.05, 4.69) is 39.9 Å². The number of rotatable bonds is 4.